The molecule has 1 fully saturated rings. The molecular formula is C21H26ClN5. The van der Waals surface area contributed by atoms with E-state index in [9.17, 15) is 0 Å². The molecule has 0 bridgehead atoms. The van der Waals surface area contributed by atoms with Gasteiger partial charge in [-0.1, -0.05) is 30.3 Å². The van der Waals surface area contributed by atoms with Gasteiger partial charge in [0.15, 0.2) is 0 Å². The first-order chi connectivity index (χ1) is 13.0. The van der Waals surface area contributed by atoms with Crippen LogP contribution in [0.2, 0.25) is 5.02 Å². The van der Waals surface area contributed by atoms with E-state index in [1.165, 1.54) is 0 Å². The van der Waals surface area contributed by atoms with Crippen LogP contribution >= 0.6 is 11.6 Å². The zero-order chi connectivity index (χ0) is 19.0. The van der Waals surface area contributed by atoms with E-state index in [-0.39, 0.29) is 0 Å². The lowest BCUT2D eigenvalue weighted by atomic mass is 10.1. The van der Waals surface area contributed by atoms with Crippen LogP contribution in [0.15, 0.2) is 54.9 Å². The lowest BCUT2D eigenvalue weighted by molar-refractivity contribution is 0.110. The Morgan fingerprint density at radius 3 is 2.56 bits per heavy atom. The van der Waals surface area contributed by atoms with E-state index in [1.54, 1.807) is 0 Å². The molecule has 2 aromatic carbocycles. The smallest absolute Gasteiger partial charge is 0.107 e. The van der Waals surface area contributed by atoms with Gasteiger partial charge in [0.25, 0.3) is 0 Å². The number of para-hydroxylation sites is 2. The Morgan fingerprint density at radius 1 is 1.07 bits per heavy atom. The average molecular weight is 384 g/mol. The molecule has 2 aliphatic rings. The van der Waals surface area contributed by atoms with Crippen molar-refractivity contribution in [3.8, 4) is 0 Å². The summed E-state index contributed by atoms with van der Waals surface area (Å²) in [4.78, 5) is 9.26. The van der Waals surface area contributed by atoms with Crippen molar-refractivity contribution in [3.05, 3.63) is 59.9 Å². The minimum atomic E-state index is 0.717. The number of fused-ring (bicyclic) bond motifs is 2. The highest BCUT2D eigenvalue weighted by atomic mass is 35.5. The molecule has 1 N–H and O–H groups in total. The molecule has 4 rings (SSSR count). The van der Waals surface area contributed by atoms with Gasteiger partial charge in [-0.05, 0) is 37.4 Å². The van der Waals surface area contributed by atoms with Crippen LogP contribution in [0.5, 0.6) is 0 Å². The number of halogens is 1. The van der Waals surface area contributed by atoms with Gasteiger partial charge in [-0.15, -0.1) is 0 Å². The van der Waals surface area contributed by atoms with Crippen molar-refractivity contribution in [3.63, 3.8) is 0 Å². The predicted molar refractivity (Wildman–Crippen MR) is 114 cm³/mol. The van der Waals surface area contributed by atoms with Gasteiger partial charge < -0.3 is 15.1 Å². The number of hydrogen-bond donors (Lipinski definition) is 1. The largest absolute Gasteiger partial charge is 0.352 e. The maximum absolute atomic E-state index is 6.31. The van der Waals surface area contributed by atoms with Gasteiger partial charge in [0, 0.05) is 38.2 Å². The molecule has 0 amide bonds. The second-order valence-corrected chi connectivity index (χ2v) is 7.75. The SMILES string of the molecule is C=C(N(C)CN1CCN(C)CC1)N1c2ccccc2Nc2ccc(Cl)cc21. The molecule has 0 atom stereocenters. The average Bonchev–Trinajstić information content (AvgIpc) is 2.67. The number of benzene rings is 2. The number of hydrogen-bond acceptors (Lipinski definition) is 5. The normalized spacial score (nSPS) is 17.1. The molecule has 0 spiro atoms. The summed E-state index contributed by atoms with van der Waals surface area (Å²) in [5.41, 5.74) is 4.22. The quantitative estimate of drug-likeness (QED) is 0.855. The summed E-state index contributed by atoms with van der Waals surface area (Å²) in [7, 11) is 4.29. The van der Waals surface area contributed by atoms with Gasteiger partial charge in [0.05, 0.1) is 29.4 Å². The molecule has 0 unspecified atom stereocenters. The van der Waals surface area contributed by atoms with Gasteiger partial charge in [-0.25, -0.2) is 0 Å². The third-order valence-corrected chi connectivity index (χ3v) is 5.56. The Balaban J connectivity index is 1.62. The first kappa shape index (κ1) is 18.2. The fourth-order valence-corrected chi connectivity index (χ4v) is 3.83. The van der Waals surface area contributed by atoms with Gasteiger partial charge in [-0.2, -0.15) is 0 Å². The lowest BCUT2D eigenvalue weighted by Crippen LogP contribution is -2.48. The number of likely N-dealkylation sites (N-methyl/N-ethyl adjacent to an activating group) is 1. The molecule has 27 heavy (non-hydrogen) atoms. The highest BCUT2D eigenvalue weighted by Gasteiger charge is 2.27. The topological polar surface area (TPSA) is 25.0 Å². The molecule has 0 saturated carbocycles. The first-order valence-corrected chi connectivity index (χ1v) is 9.67. The third kappa shape index (κ3) is 3.63. The molecule has 5 nitrogen and oxygen atoms in total. The van der Waals surface area contributed by atoms with E-state index in [1.807, 2.05) is 24.3 Å². The van der Waals surface area contributed by atoms with Crippen LogP contribution in [0, 0.1) is 0 Å². The van der Waals surface area contributed by atoms with Crippen molar-refractivity contribution in [2.24, 2.45) is 0 Å². The molecule has 2 heterocycles. The number of nitrogens with one attached hydrogen (secondary N) is 1. The van der Waals surface area contributed by atoms with E-state index in [0.717, 1.165) is 66.4 Å². The third-order valence-electron chi connectivity index (χ3n) is 5.32. The standard InChI is InChI=1S/C21H26ClN5/c1-16(25(3)15-26-12-10-24(2)11-13-26)27-20-7-5-4-6-18(20)23-19-9-8-17(22)14-21(19)27/h4-9,14,23H,1,10-13,15H2,2-3H3. The molecule has 1 saturated heterocycles. The second-order valence-electron chi connectivity index (χ2n) is 7.32. The number of piperazine rings is 1. The number of anilines is 4. The Kier molecular flexibility index (Phi) is 5.00. The fourth-order valence-electron chi connectivity index (χ4n) is 3.66. The zero-order valence-electron chi connectivity index (χ0n) is 16.0. The van der Waals surface area contributed by atoms with Crippen molar-refractivity contribution in [2.75, 3.05) is 57.2 Å². The molecule has 0 radical (unpaired) electrons. The minimum Gasteiger partial charge on any atom is -0.352 e. The Hall–Kier alpha value is -2.21. The van der Waals surface area contributed by atoms with E-state index in [4.69, 9.17) is 11.6 Å². The zero-order valence-corrected chi connectivity index (χ0v) is 16.7. The van der Waals surface area contributed by atoms with Gasteiger partial charge in [0.2, 0.25) is 0 Å². The highest BCUT2D eigenvalue weighted by Crippen LogP contribution is 2.46. The number of nitrogens with zero attached hydrogens (tertiary/aromatic N) is 4. The molecule has 2 aliphatic heterocycles. The Labute approximate surface area is 166 Å². The summed E-state index contributed by atoms with van der Waals surface area (Å²) < 4.78 is 0. The number of rotatable bonds is 4. The van der Waals surface area contributed by atoms with Crippen LogP contribution in [0.3, 0.4) is 0 Å². The summed E-state index contributed by atoms with van der Waals surface area (Å²) >= 11 is 6.31. The molecule has 0 aromatic heterocycles. The summed E-state index contributed by atoms with van der Waals surface area (Å²) in [6.07, 6.45) is 0. The van der Waals surface area contributed by atoms with Crippen molar-refractivity contribution in [1.82, 2.24) is 14.7 Å². The maximum Gasteiger partial charge on any atom is 0.107 e. The summed E-state index contributed by atoms with van der Waals surface area (Å²) in [6.45, 7) is 9.65. The molecule has 2 aromatic rings. The lowest BCUT2D eigenvalue weighted by Gasteiger charge is -2.41. The van der Waals surface area contributed by atoms with Crippen molar-refractivity contribution < 1.29 is 0 Å². The Morgan fingerprint density at radius 2 is 1.78 bits per heavy atom. The van der Waals surface area contributed by atoms with Crippen LogP contribution in [-0.2, 0) is 0 Å². The van der Waals surface area contributed by atoms with Crippen molar-refractivity contribution in [2.45, 2.75) is 0 Å². The Bertz CT molecular complexity index is 844. The van der Waals surface area contributed by atoms with Crippen molar-refractivity contribution >= 4 is 34.4 Å². The first-order valence-electron chi connectivity index (χ1n) is 9.29. The van der Waals surface area contributed by atoms with Crippen LogP contribution in [0.25, 0.3) is 0 Å². The maximum atomic E-state index is 6.31. The van der Waals surface area contributed by atoms with Crippen LogP contribution in [0.4, 0.5) is 22.7 Å². The molecular weight excluding hydrogens is 358 g/mol. The second kappa shape index (κ2) is 7.43. The summed E-state index contributed by atoms with van der Waals surface area (Å²) in [5.74, 6) is 0.936. The van der Waals surface area contributed by atoms with Crippen LogP contribution < -0.4 is 10.2 Å². The molecule has 142 valence electrons. The molecule has 6 heteroatoms. The summed E-state index contributed by atoms with van der Waals surface area (Å²) in [6, 6.07) is 14.2. The van der Waals surface area contributed by atoms with Crippen LogP contribution in [-0.4, -0.2) is 61.6 Å². The van der Waals surface area contributed by atoms with E-state index in [2.05, 4.69) is 63.8 Å². The summed E-state index contributed by atoms with van der Waals surface area (Å²) in [5, 5.41) is 4.22. The van der Waals surface area contributed by atoms with Crippen molar-refractivity contribution in [1.29, 1.82) is 0 Å². The van der Waals surface area contributed by atoms with Gasteiger partial charge in [0.1, 0.15) is 5.82 Å². The fraction of sp³-hybridized carbons (Fsp3) is 0.333. The van der Waals surface area contributed by atoms with Gasteiger partial charge >= 0.3 is 0 Å². The molecule has 0 aliphatic carbocycles. The van der Waals surface area contributed by atoms with E-state index in [0.29, 0.717) is 0 Å². The van der Waals surface area contributed by atoms with Gasteiger partial charge in [-0.3, -0.25) is 9.80 Å². The minimum absolute atomic E-state index is 0.717. The van der Waals surface area contributed by atoms with Crippen LogP contribution in [0.1, 0.15) is 0 Å². The van der Waals surface area contributed by atoms with E-state index < -0.39 is 0 Å². The predicted octanol–water partition coefficient (Wildman–Crippen LogP) is 4.14. The van der Waals surface area contributed by atoms with E-state index >= 15 is 0 Å². The monoisotopic (exact) mass is 383 g/mol. The highest BCUT2D eigenvalue weighted by molar-refractivity contribution is 6.31.